The fourth-order valence-corrected chi connectivity index (χ4v) is 3.53. The second-order valence-electron chi connectivity index (χ2n) is 6.56. The number of carbonyl (C=O) groups is 1. The van der Waals surface area contributed by atoms with Gasteiger partial charge in [0.05, 0.1) is 5.69 Å². The van der Waals surface area contributed by atoms with Gasteiger partial charge < -0.3 is 4.90 Å². The Kier molecular flexibility index (Phi) is 5.82. The molecule has 1 amide bonds. The summed E-state index contributed by atoms with van der Waals surface area (Å²) in [5.74, 6) is -0.331. The summed E-state index contributed by atoms with van der Waals surface area (Å²) in [6.45, 7) is 4.60. The molecule has 0 aliphatic carbocycles. The molecule has 0 saturated carbocycles. The fourth-order valence-electron chi connectivity index (χ4n) is 3.53. The number of rotatable bonds is 5. The van der Waals surface area contributed by atoms with Crippen molar-refractivity contribution in [2.75, 3.05) is 18.0 Å². The molecule has 0 bridgehead atoms. The molecule has 25 heavy (non-hydrogen) atoms. The fraction of sp³-hybridized carbons (Fsp3) is 0.381. The van der Waals surface area contributed by atoms with Crippen LogP contribution in [0.3, 0.4) is 0 Å². The molecular weight excluding hydrogens is 315 g/mol. The number of hydrogen-bond acceptors (Lipinski definition) is 2. The average Bonchev–Trinajstić information content (AvgIpc) is 2.65. The van der Waals surface area contributed by atoms with Crippen molar-refractivity contribution in [3.8, 4) is 0 Å². The standard InChI is InChI=1S/C21H25FN2O/c1-2-21(25)24(20-11-7-6-10-19(20)22)18-12-14-23(15-13-18)16-17-8-4-3-5-9-17/h3-11,18H,2,12-16H2,1H3. The minimum atomic E-state index is -0.323. The molecule has 0 atom stereocenters. The van der Waals surface area contributed by atoms with E-state index in [9.17, 15) is 9.18 Å². The maximum Gasteiger partial charge on any atom is 0.227 e. The van der Waals surface area contributed by atoms with Gasteiger partial charge in [0.15, 0.2) is 0 Å². The maximum atomic E-state index is 14.3. The Hall–Kier alpha value is -2.20. The first-order chi connectivity index (χ1) is 12.2. The molecule has 3 rings (SSSR count). The molecule has 0 N–H and O–H groups in total. The zero-order chi connectivity index (χ0) is 17.6. The number of likely N-dealkylation sites (tertiary alicyclic amines) is 1. The van der Waals surface area contributed by atoms with Gasteiger partial charge in [-0.25, -0.2) is 4.39 Å². The normalized spacial score (nSPS) is 15.9. The predicted octanol–water partition coefficient (Wildman–Crippen LogP) is 4.23. The van der Waals surface area contributed by atoms with E-state index in [1.165, 1.54) is 11.6 Å². The van der Waals surface area contributed by atoms with Crippen molar-refractivity contribution >= 4 is 11.6 Å². The number of carbonyl (C=O) groups excluding carboxylic acids is 1. The molecule has 0 unspecified atom stereocenters. The van der Waals surface area contributed by atoms with Gasteiger partial charge in [-0.3, -0.25) is 9.69 Å². The van der Waals surface area contributed by atoms with E-state index in [2.05, 4.69) is 29.2 Å². The SMILES string of the molecule is CCC(=O)N(c1ccccc1F)C1CCN(Cc2ccccc2)CC1. The predicted molar refractivity (Wildman–Crippen MR) is 98.9 cm³/mol. The Morgan fingerprint density at radius 3 is 2.36 bits per heavy atom. The smallest absolute Gasteiger partial charge is 0.227 e. The number of halogens is 1. The molecule has 0 aromatic heterocycles. The summed E-state index contributed by atoms with van der Waals surface area (Å²) in [7, 11) is 0. The van der Waals surface area contributed by atoms with Gasteiger partial charge in [-0.15, -0.1) is 0 Å². The van der Waals surface area contributed by atoms with E-state index in [1.807, 2.05) is 13.0 Å². The molecular formula is C21H25FN2O. The molecule has 4 heteroatoms. The van der Waals surface area contributed by atoms with Gasteiger partial charge in [-0.1, -0.05) is 49.4 Å². The van der Waals surface area contributed by atoms with Crippen molar-refractivity contribution in [3.63, 3.8) is 0 Å². The molecule has 0 radical (unpaired) electrons. The number of benzene rings is 2. The van der Waals surface area contributed by atoms with Crippen LogP contribution >= 0.6 is 0 Å². The zero-order valence-corrected chi connectivity index (χ0v) is 14.7. The highest BCUT2D eigenvalue weighted by atomic mass is 19.1. The Morgan fingerprint density at radius 2 is 1.72 bits per heavy atom. The zero-order valence-electron chi connectivity index (χ0n) is 14.7. The van der Waals surface area contributed by atoms with E-state index in [4.69, 9.17) is 0 Å². The lowest BCUT2D eigenvalue weighted by atomic mass is 10.0. The van der Waals surface area contributed by atoms with Crippen LogP contribution in [0.2, 0.25) is 0 Å². The van der Waals surface area contributed by atoms with Gasteiger partial charge in [0.2, 0.25) is 5.91 Å². The Bertz CT molecular complexity index is 696. The van der Waals surface area contributed by atoms with Gasteiger partial charge in [0.1, 0.15) is 5.82 Å². The van der Waals surface area contributed by atoms with Crippen molar-refractivity contribution in [2.24, 2.45) is 0 Å². The number of hydrogen-bond donors (Lipinski definition) is 0. The maximum absolute atomic E-state index is 14.3. The summed E-state index contributed by atoms with van der Waals surface area (Å²) >= 11 is 0. The van der Waals surface area contributed by atoms with Crippen molar-refractivity contribution in [2.45, 2.75) is 38.8 Å². The highest BCUT2D eigenvalue weighted by Crippen LogP contribution is 2.27. The van der Waals surface area contributed by atoms with Crippen molar-refractivity contribution in [1.82, 2.24) is 4.90 Å². The first-order valence-electron chi connectivity index (χ1n) is 9.02. The molecule has 2 aromatic rings. The monoisotopic (exact) mass is 340 g/mol. The second kappa shape index (κ2) is 8.26. The summed E-state index contributed by atoms with van der Waals surface area (Å²) in [5.41, 5.74) is 1.72. The van der Waals surface area contributed by atoms with E-state index < -0.39 is 0 Å². The number of anilines is 1. The molecule has 1 aliphatic heterocycles. The van der Waals surface area contributed by atoms with Crippen LogP contribution in [0, 0.1) is 5.82 Å². The van der Waals surface area contributed by atoms with E-state index in [1.54, 1.807) is 23.1 Å². The topological polar surface area (TPSA) is 23.6 Å². The third-order valence-electron chi connectivity index (χ3n) is 4.85. The molecule has 1 saturated heterocycles. The molecule has 1 heterocycles. The van der Waals surface area contributed by atoms with Gasteiger partial charge in [-0.05, 0) is 30.5 Å². The Labute approximate surface area is 149 Å². The van der Waals surface area contributed by atoms with Crippen LogP contribution in [-0.4, -0.2) is 29.9 Å². The average molecular weight is 340 g/mol. The number of para-hydroxylation sites is 1. The summed E-state index contributed by atoms with van der Waals surface area (Å²) in [5, 5.41) is 0. The number of piperidine rings is 1. The van der Waals surface area contributed by atoms with Crippen LogP contribution in [0.15, 0.2) is 54.6 Å². The van der Waals surface area contributed by atoms with Crippen LogP contribution in [0.25, 0.3) is 0 Å². The minimum absolute atomic E-state index is 0.00777. The molecule has 2 aromatic carbocycles. The third-order valence-corrected chi connectivity index (χ3v) is 4.85. The van der Waals surface area contributed by atoms with Crippen LogP contribution in [0.1, 0.15) is 31.7 Å². The van der Waals surface area contributed by atoms with Crippen molar-refractivity contribution in [3.05, 3.63) is 66.0 Å². The highest BCUT2D eigenvalue weighted by molar-refractivity contribution is 5.93. The van der Waals surface area contributed by atoms with Crippen LogP contribution in [0.5, 0.6) is 0 Å². The highest BCUT2D eigenvalue weighted by Gasteiger charge is 2.29. The van der Waals surface area contributed by atoms with E-state index >= 15 is 0 Å². The van der Waals surface area contributed by atoms with Crippen molar-refractivity contribution in [1.29, 1.82) is 0 Å². The lowest BCUT2D eigenvalue weighted by Crippen LogP contribution is -2.47. The lowest BCUT2D eigenvalue weighted by molar-refractivity contribution is -0.119. The van der Waals surface area contributed by atoms with Gasteiger partial charge in [-0.2, -0.15) is 0 Å². The summed E-state index contributed by atoms with van der Waals surface area (Å²) in [6.07, 6.45) is 2.12. The molecule has 1 aliphatic rings. The summed E-state index contributed by atoms with van der Waals surface area (Å²) in [6, 6.07) is 17.1. The van der Waals surface area contributed by atoms with Gasteiger partial charge >= 0.3 is 0 Å². The first kappa shape index (κ1) is 17.6. The van der Waals surface area contributed by atoms with Crippen LogP contribution in [0.4, 0.5) is 10.1 Å². The first-order valence-corrected chi connectivity index (χ1v) is 9.02. The molecule has 1 fully saturated rings. The van der Waals surface area contributed by atoms with Crippen LogP contribution < -0.4 is 4.90 Å². The van der Waals surface area contributed by atoms with Gasteiger partial charge in [0, 0.05) is 32.1 Å². The molecule has 0 spiro atoms. The number of amides is 1. The summed E-state index contributed by atoms with van der Waals surface area (Å²) < 4.78 is 14.3. The second-order valence-corrected chi connectivity index (χ2v) is 6.56. The van der Waals surface area contributed by atoms with E-state index in [-0.39, 0.29) is 17.8 Å². The van der Waals surface area contributed by atoms with Crippen molar-refractivity contribution < 1.29 is 9.18 Å². The van der Waals surface area contributed by atoms with E-state index in [0.717, 1.165) is 32.5 Å². The largest absolute Gasteiger partial charge is 0.306 e. The molecule has 3 nitrogen and oxygen atoms in total. The minimum Gasteiger partial charge on any atom is -0.306 e. The van der Waals surface area contributed by atoms with E-state index in [0.29, 0.717) is 12.1 Å². The third kappa shape index (κ3) is 4.26. The number of nitrogens with zero attached hydrogens (tertiary/aromatic N) is 2. The Balaban J connectivity index is 1.68. The Morgan fingerprint density at radius 1 is 1.08 bits per heavy atom. The lowest BCUT2D eigenvalue weighted by Gasteiger charge is -2.38. The van der Waals surface area contributed by atoms with Gasteiger partial charge in [0.25, 0.3) is 0 Å². The molecule has 132 valence electrons. The van der Waals surface area contributed by atoms with Crippen LogP contribution in [-0.2, 0) is 11.3 Å². The quantitative estimate of drug-likeness (QED) is 0.813. The summed E-state index contributed by atoms with van der Waals surface area (Å²) in [4.78, 5) is 16.6.